The number of nitrogens with one attached hydrogen (secondary N) is 3. The molecule has 0 radical (unpaired) electrons. The molecule has 7 nitrogen and oxygen atoms in total. The van der Waals surface area contributed by atoms with E-state index in [0.29, 0.717) is 25.7 Å². The summed E-state index contributed by atoms with van der Waals surface area (Å²) in [5.41, 5.74) is 2.23. The van der Waals surface area contributed by atoms with Crippen LogP contribution in [0.3, 0.4) is 0 Å². The maximum absolute atomic E-state index is 14.5. The Morgan fingerprint density at radius 2 is 1.96 bits per heavy atom. The maximum atomic E-state index is 14.5. The first-order valence-corrected chi connectivity index (χ1v) is 11.3. The molecule has 0 aromatic carbocycles. The molecule has 0 aromatic rings. The van der Waals surface area contributed by atoms with Gasteiger partial charge in [0, 0.05) is 19.3 Å². The van der Waals surface area contributed by atoms with Crippen molar-refractivity contribution in [2.75, 3.05) is 20.3 Å². The average molecular weight is 411 g/mol. The smallest absolute Gasteiger partial charge is 0.241 e. The van der Waals surface area contributed by atoms with Crippen molar-refractivity contribution in [3.8, 4) is 0 Å². The van der Waals surface area contributed by atoms with Gasteiger partial charge in [-0.2, -0.15) is 0 Å². The summed E-state index contributed by atoms with van der Waals surface area (Å²) in [5, 5.41) is 2.14. The van der Waals surface area contributed by atoms with E-state index >= 15 is 0 Å². The highest BCUT2D eigenvalue weighted by Crippen LogP contribution is 2.37. The molecule has 5 unspecified atom stereocenters. The van der Waals surface area contributed by atoms with Crippen molar-refractivity contribution in [1.29, 1.82) is 0 Å². The monoisotopic (exact) mass is 410 g/mol. The zero-order valence-electron chi connectivity index (χ0n) is 15.0. The number of halogens is 2. The Kier molecular flexibility index (Phi) is 6.44. The van der Waals surface area contributed by atoms with Crippen molar-refractivity contribution < 1.29 is 17.6 Å². The zero-order valence-corrected chi connectivity index (χ0v) is 16.5. The van der Waals surface area contributed by atoms with Gasteiger partial charge in [0.2, 0.25) is 15.9 Å². The fraction of sp³-hybridized carbons (Fsp3) is 0.938. The van der Waals surface area contributed by atoms with Gasteiger partial charge in [-0.15, -0.1) is 16.4 Å². The van der Waals surface area contributed by atoms with Crippen LogP contribution < -0.4 is 15.6 Å². The number of rotatable bonds is 5. The molecule has 0 aromatic heterocycles. The third-order valence-corrected chi connectivity index (χ3v) is 8.06. The molecule has 10 heteroatoms. The van der Waals surface area contributed by atoms with Gasteiger partial charge in [0.1, 0.15) is 6.17 Å². The number of carbonyl (C=O) groups is 1. The largest absolute Gasteiger partial charge is 0.300 e. The molecule has 1 amide bonds. The van der Waals surface area contributed by atoms with E-state index < -0.39 is 38.6 Å². The number of alkyl halides is 2. The number of hydrazine groups is 1. The lowest BCUT2D eigenvalue weighted by molar-refractivity contribution is -0.129. The SMILES string of the molecule is CN1CNC(C2CC(Cl)C(F)C(C(=O)NNS(=O)(=O)C3CCCC3)C2)C1. The number of hydrogen-bond donors (Lipinski definition) is 3. The van der Waals surface area contributed by atoms with Crippen molar-refractivity contribution in [2.45, 2.75) is 61.4 Å². The van der Waals surface area contributed by atoms with Crippen LogP contribution >= 0.6 is 11.6 Å². The molecule has 2 saturated carbocycles. The molecule has 1 heterocycles. The molecule has 1 saturated heterocycles. The highest BCUT2D eigenvalue weighted by atomic mass is 35.5. The predicted octanol–water partition coefficient (Wildman–Crippen LogP) is 0.712. The second-order valence-corrected chi connectivity index (χ2v) is 10.4. The summed E-state index contributed by atoms with van der Waals surface area (Å²) in [6, 6.07) is 0.166. The second kappa shape index (κ2) is 8.26. The summed E-state index contributed by atoms with van der Waals surface area (Å²) < 4.78 is 39.0. The van der Waals surface area contributed by atoms with Crippen LogP contribution in [-0.4, -0.2) is 62.3 Å². The number of hydrogen-bond acceptors (Lipinski definition) is 5. The summed E-state index contributed by atoms with van der Waals surface area (Å²) in [6.45, 7) is 1.58. The van der Waals surface area contributed by atoms with Crippen LogP contribution in [-0.2, 0) is 14.8 Å². The fourth-order valence-electron chi connectivity index (χ4n) is 4.35. The van der Waals surface area contributed by atoms with Crippen molar-refractivity contribution in [2.24, 2.45) is 11.8 Å². The molecule has 26 heavy (non-hydrogen) atoms. The fourth-order valence-corrected chi connectivity index (χ4v) is 6.12. The lowest BCUT2D eigenvalue weighted by atomic mass is 9.76. The molecular formula is C16H28ClFN4O3S. The zero-order chi connectivity index (χ0) is 18.9. The highest BCUT2D eigenvalue weighted by Gasteiger charge is 2.44. The topological polar surface area (TPSA) is 90.5 Å². The Hall–Kier alpha value is -0.480. The molecule has 1 aliphatic heterocycles. The summed E-state index contributed by atoms with van der Waals surface area (Å²) in [5.74, 6) is -1.51. The van der Waals surface area contributed by atoms with Gasteiger partial charge >= 0.3 is 0 Å². The predicted molar refractivity (Wildman–Crippen MR) is 97.6 cm³/mol. The third kappa shape index (κ3) is 4.49. The van der Waals surface area contributed by atoms with E-state index in [0.717, 1.165) is 26.1 Å². The quantitative estimate of drug-likeness (QED) is 0.459. The third-order valence-electron chi connectivity index (χ3n) is 5.91. The van der Waals surface area contributed by atoms with Crippen LogP contribution in [0.5, 0.6) is 0 Å². The Labute approximate surface area is 159 Å². The van der Waals surface area contributed by atoms with Gasteiger partial charge in [-0.25, -0.2) is 12.8 Å². The lowest BCUT2D eigenvalue weighted by Gasteiger charge is -2.37. The van der Waals surface area contributed by atoms with Crippen molar-refractivity contribution >= 4 is 27.5 Å². The van der Waals surface area contributed by atoms with Crippen molar-refractivity contribution in [3.05, 3.63) is 0 Å². The van der Waals surface area contributed by atoms with E-state index in [-0.39, 0.29) is 12.0 Å². The summed E-state index contributed by atoms with van der Waals surface area (Å²) in [4.78, 5) is 16.8. The van der Waals surface area contributed by atoms with Crippen LogP contribution in [0.15, 0.2) is 0 Å². The van der Waals surface area contributed by atoms with E-state index in [1.54, 1.807) is 0 Å². The van der Waals surface area contributed by atoms with Gasteiger partial charge in [-0.05, 0) is 38.6 Å². The van der Waals surface area contributed by atoms with Gasteiger partial charge in [-0.3, -0.25) is 20.4 Å². The summed E-state index contributed by atoms with van der Waals surface area (Å²) >= 11 is 6.17. The van der Waals surface area contributed by atoms with Gasteiger partial charge < -0.3 is 0 Å². The van der Waals surface area contributed by atoms with E-state index in [4.69, 9.17) is 11.6 Å². The summed E-state index contributed by atoms with van der Waals surface area (Å²) in [6.07, 6.45) is 2.29. The van der Waals surface area contributed by atoms with E-state index in [1.807, 2.05) is 7.05 Å². The second-order valence-electron chi connectivity index (χ2n) is 7.85. The molecule has 0 spiro atoms. The van der Waals surface area contributed by atoms with Gasteiger partial charge in [0.05, 0.1) is 16.5 Å². The number of amides is 1. The van der Waals surface area contributed by atoms with E-state index in [2.05, 4.69) is 20.5 Å². The highest BCUT2D eigenvalue weighted by molar-refractivity contribution is 7.90. The first-order chi connectivity index (χ1) is 12.3. The van der Waals surface area contributed by atoms with Crippen LogP contribution in [0.4, 0.5) is 4.39 Å². The van der Waals surface area contributed by atoms with Gasteiger partial charge in [0.15, 0.2) is 0 Å². The first-order valence-electron chi connectivity index (χ1n) is 9.28. The standard InChI is InChI=1S/C16H28ClFN4O3S/c1-22-8-14(19-9-22)10-6-12(15(18)13(17)7-10)16(23)20-21-26(24,25)11-4-2-3-5-11/h10-15,19,21H,2-9H2,1H3,(H,20,23). The van der Waals surface area contributed by atoms with Gasteiger partial charge in [-0.1, -0.05) is 12.8 Å². The molecule has 3 rings (SSSR count). The summed E-state index contributed by atoms with van der Waals surface area (Å²) in [7, 11) is -1.62. The molecule has 3 fully saturated rings. The van der Waals surface area contributed by atoms with E-state index in [1.165, 1.54) is 0 Å². The molecule has 5 atom stereocenters. The van der Waals surface area contributed by atoms with Crippen LogP contribution in [0.2, 0.25) is 0 Å². The molecule has 3 N–H and O–H groups in total. The number of nitrogens with zero attached hydrogens (tertiary/aromatic N) is 1. The lowest BCUT2D eigenvalue weighted by Crippen LogP contribution is -2.53. The molecule has 3 aliphatic rings. The normalized spacial score (nSPS) is 37.1. The van der Waals surface area contributed by atoms with Crippen LogP contribution in [0, 0.1) is 11.8 Å². The minimum absolute atomic E-state index is 0.0802. The Balaban J connectivity index is 1.59. The van der Waals surface area contributed by atoms with Crippen LogP contribution in [0.25, 0.3) is 0 Å². The van der Waals surface area contributed by atoms with Crippen molar-refractivity contribution in [1.82, 2.24) is 20.5 Å². The Bertz CT molecular complexity index is 617. The first kappa shape index (κ1) is 20.3. The minimum atomic E-state index is -3.62. The van der Waals surface area contributed by atoms with Crippen molar-refractivity contribution in [3.63, 3.8) is 0 Å². The van der Waals surface area contributed by atoms with Gasteiger partial charge in [0.25, 0.3) is 0 Å². The van der Waals surface area contributed by atoms with E-state index in [9.17, 15) is 17.6 Å². The molecule has 2 aliphatic carbocycles. The molecular weight excluding hydrogens is 383 g/mol. The molecule has 0 bridgehead atoms. The Morgan fingerprint density at radius 1 is 1.27 bits per heavy atom. The number of likely N-dealkylation sites (N-methyl/N-ethyl adjacent to an activating group) is 1. The minimum Gasteiger partial charge on any atom is -0.300 e. The number of carbonyl (C=O) groups excluding carboxylic acids is 1. The molecule has 150 valence electrons. The Morgan fingerprint density at radius 3 is 2.58 bits per heavy atom. The maximum Gasteiger partial charge on any atom is 0.241 e. The average Bonchev–Trinajstić information content (AvgIpc) is 3.27. The van der Waals surface area contributed by atoms with Crippen LogP contribution in [0.1, 0.15) is 38.5 Å². The number of sulfonamides is 1.